The number of likely N-dealkylation sites (N-methyl/N-ethyl adjacent to an activating group) is 1. The Hall–Kier alpha value is -0.120. The Morgan fingerprint density at radius 3 is 2.67 bits per heavy atom. The molecule has 106 valence electrons. The summed E-state index contributed by atoms with van der Waals surface area (Å²) >= 11 is 0. The van der Waals surface area contributed by atoms with Gasteiger partial charge >= 0.3 is 0 Å². The van der Waals surface area contributed by atoms with Crippen molar-refractivity contribution in [3.63, 3.8) is 0 Å². The standard InChI is InChI=1S/C15H31N3/c1-13(14-7-6-9-17(2)12-14)16-11-15-8-4-5-10-18(15)3/h13-16H,4-12H2,1-3H3. The Balaban J connectivity index is 1.71. The number of nitrogens with zero attached hydrogens (tertiary/aromatic N) is 2. The van der Waals surface area contributed by atoms with Crippen LogP contribution in [-0.4, -0.2) is 62.2 Å². The third-order valence-corrected chi connectivity index (χ3v) is 4.97. The minimum atomic E-state index is 0.670. The van der Waals surface area contributed by atoms with Crippen LogP contribution in [0.3, 0.4) is 0 Å². The van der Waals surface area contributed by atoms with Gasteiger partial charge in [0.1, 0.15) is 0 Å². The maximum Gasteiger partial charge on any atom is 0.0217 e. The average molecular weight is 253 g/mol. The van der Waals surface area contributed by atoms with Crippen LogP contribution in [0.25, 0.3) is 0 Å². The van der Waals surface area contributed by atoms with E-state index in [0.717, 1.165) is 12.0 Å². The van der Waals surface area contributed by atoms with Crippen molar-refractivity contribution in [1.29, 1.82) is 0 Å². The number of nitrogens with one attached hydrogen (secondary N) is 1. The molecule has 3 nitrogen and oxygen atoms in total. The molecule has 0 spiro atoms. The highest BCUT2D eigenvalue weighted by Crippen LogP contribution is 2.19. The second-order valence-electron chi connectivity index (χ2n) is 6.49. The summed E-state index contributed by atoms with van der Waals surface area (Å²) in [6.07, 6.45) is 6.95. The topological polar surface area (TPSA) is 18.5 Å². The van der Waals surface area contributed by atoms with E-state index < -0.39 is 0 Å². The fraction of sp³-hybridized carbons (Fsp3) is 1.00. The molecule has 2 fully saturated rings. The second-order valence-corrected chi connectivity index (χ2v) is 6.49. The summed E-state index contributed by atoms with van der Waals surface area (Å²) < 4.78 is 0. The minimum absolute atomic E-state index is 0.670. The van der Waals surface area contributed by atoms with Crippen LogP contribution in [0.4, 0.5) is 0 Å². The van der Waals surface area contributed by atoms with Gasteiger partial charge in [0.2, 0.25) is 0 Å². The molecule has 18 heavy (non-hydrogen) atoms. The molecule has 0 saturated carbocycles. The Kier molecular flexibility index (Phi) is 5.46. The van der Waals surface area contributed by atoms with E-state index in [2.05, 4.69) is 36.1 Å². The lowest BCUT2D eigenvalue weighted by Crippen LogP contribution is -2.49. The molecule has 0 aliphatic carbocycles. The van der Waals surface area contributed by atoms with Crippen molar-refractivity contribution in [2.24, 2.45) is 5.92 Å². The molecule has 1 N–H and O–H groups in total. The smallest absolute Gasteiger partial charge is 0.0217 e. The lowest BCUT2D eigenvalue weighted by Gasteiger charge is -2.37. The van der Waals surface area contributed by atoms with Gasteiger partial charge in [-0.2, -0.15) is 0 Å². The van der Waals surface area contributed by atoms with Gasteiger partial charge in [0, 0.05) is 25.2 Å². The normalized spacial score (nSPS) is 33.5. The van der Waals surface area contributed by atoms with Crippen molar-refractivity contribution in [2.75, 3.05) is 40.3 Å². The molecule has 2 aliphatic rings. The van der Waals surface area contributed by atoms with Crippen LogP contribution in [0.15, 0.2) is 0 Å². The van der Waals surface area contributed by atoms with Gasteiger partial charge in [-0.3, -0.25) is 0 Å². The number of rotatable bonds is 4. The maximum atomic E-state index is 3.80. The molecule has 0 aromatic rings. The molecule has 3 unspecified atom stereocenters. The molecular weight excluding hydrogens is 222 g/mol. The third kappa shape index (κ3) is 3.94. The zero-order valence-corrected chi connectivity index (χ0v) is 12.5. The number of likely N-dealkylation sites (tertiary alicyclic amines) is 2. The Labute approximate surface area is 113 Å². The molecule has 0 aromatic heterocycles. The summed E-state index contributed by atoms with van der Waals surface area (Å²) in [6.45, 7) is 7.40. The van der Waals surface area contributed by atoms with Crippen molar-refractivity contribution >= 4 is 0 Å². The molecule has 2 aliphatic heterocycles. The predicted octanol–water partition coefficient (Wildman–Crippen LogP) is 1.79. The van der Waals surface area contributed by atoms with E-state index in [-0.39, 0.29) is 0 Å². The van der Waals surface area contributed by atoms with Crippen LogP contribution in [0.2, 0.25) is 0 Å². The van der Waals surface area contributed by atoms with Gasteiger partial charge in [-0.25, -0.2) is 0 Å². The molecule has 2 rings (SSSR count). The highest BCUT2D eigenvalue weighted by molar-refractivity contribution is 4.82. The van der Waals surface area contributed by atoms with Gasteiger partial charge in [-0.15, -0.1) is 0 Å². The van der Waals surface area contributed by atoms with Crippen molar-refractivity contribution < 1.29 is 0 Å². The Morgan fingerprint density at radius 1 is 1.11 bits per heavy atom. The fourth-order valence-corrected chi connectivity index (χ4v) is 3.51. The van der Waals surface area contributed by atoms with Gasteiger partial charge in [0.05, 0.1) is 0 Å². The highest BCUT2D eigenvalue weighted by atomic mass is 15.2. The monoisotopic (exact) mass is 253 g/mol. The van der Waals surface area contributed by atoms with Crippen LogP contribution in [0, 0.1) is 5.92 Å². The van der Waals surface area contributed by atoms with E-state index in [1.165, 1.54) is 58.3 Å². The first-order chi connectivity index (χ1) is 8.66. The molecule has 0 aromatic carbocycles. The quantitative estimate of drug-likeness (QED) is 0.824. The molecule has 0 amide bonds. The van der Waals surface area contributed by atoms with Crippen LogP contribution in [0.1, 0.15) is 39.0 Å². The van der Waals surface area contributed by atoms with Crippen LogP contribution >= 0.6 is 0 Å². The first kappa shape index (κ1) is 14.3. The molecule has 2 saturated heterocycles. The number of hydrogen-bond donors (Lipinski definition) is 1. The van der Waals surface area contributed by atoms with E-state index in [1.807, 2.05) is 0 Å². The summed E-state index contributed by atoms with van der Waals surface area (Å²) in [4.78, 5) is 5.02. The van der Waals surface area contributed by atoms with Crippen LogP contribution in [-0.2, 0) is 0 Å². The second kappa shape index (κ2) is 6.88. The summed E-state index contributed by atoms with van der Waals surface area (Å²) in [6, 6.07) is 1.44. The van der Waals surface area contributed by atoms with Crippen molar-refractivity contribution in [3.8, 4) is 0 Å². The summed E-state index contributed by atoms with van der Waals surface area (Å²) in [7, 11) is 4.54. The highest BCUT2D eigenvalue weighted by Gasteiger charge is 2.24. The van der Waals surface area contributed by atoms with E-state index in [9.17, 15) is 0 Å². The fourth-order valence-electron chi connectivity index (χ4n) is 3.51. The summed E-state index contributed by atoms with van der Waals surface area (Å²) in [5, 5.41) is 3.80. The lowest BCUT2D eigenvalue weighted by molar-refractivity contribution is 0.153. The van der Waals surface area contributed by atoms with Gasteiger partial charge in [-0.05, 0) is 65.7 Å². The zero-order chi connectivity index (χ0) is 13.0. The van der Waals surface area contributed by atoms with Gasteiger partial charge < -0.3 is 15.1 Å². The van der Waals surface area contributed by atoms with E-state index >= 15 is 0 Å². The van der Waals surface area contributed by atoms with Gasteiger partial charge in [0.15, 0.2) is 0 Å². The molecular formula is C15H31N3. The van der Waals surface area contributed by atoms with Gasteiger partial charge in [0.25, 0.3) is 0 Å². The SMILES string of the molecule is CC(NCC1CCCCN1C)C1CCCN(C)C1. The van der Waals surface area contributed by atoms with Crippen LogP contribution < -0.4 is 5.32 Å². The van der Waals surface area contributed by atoms with E-state index in [4.69, 9.17) is 0 Å². The third-order valence-electron chi connectivity index (χ3n) is 4.97. The lowest BCUT2D eigenvalue weighted by atomic mass is 9.91. The van der Waals surface area contributed by atoms with Crippen molar-refractivity contribution in [2.45, 2.75) is 51.1 Å². The van der Waals surface area contributed by atoms with Crippen molar-refractivity contribution in [1.82, 2.24) is 15.1 Å². The van der Waals surface area contributed by atoms with Crippen LogP contribution in [0.5, 0.6) is 0 Å². The molecule has 3 atom stereocenters. The predicted molar refractivity (Wildman–Crippen MR) is 78.0 cm³/mol. The summed E-state index contributed by atoms with van der Waals surface area (Å²) in [5.74, 6) is 0.845. The molecule has 0 radical (unpaired) electrons. The minimum Gasteiger partial charge on any atom is -0.312 e. The Bertz CT molecular complexity index is 244. The maximum absolute atomic E-state index is 3.80. The first-order valence-electron chi connectivity index (χ1n) is 7.79. The van der Waals surface area contributed by atoms with Crippen molar-refractivity contribution in [3.05, 3.63) is 0 Å². The van der Waals surface area contributed by atoms with Gasteiger partial charge in [-0.1, -0.05) is 6.42 Å². The number of hydrogen-bond acceptors (Lipinski definition) is 3. The molecule has 0 bridgehead atoms. The molecule has 2 heterocycles. The van der Waals surface area contributed by atoms with E-state index in [1.54, 1.807) is 0 Å². The van der Waals surface area contributed by atoms with E-state index in [0.29, 0.717) is 6.04 Å². The molecule has 3 heteroatoms. The Morgan fingerprint density at radius 2 is 1.94 bits per heavy atom. The largest absolute Gasteiger partial charge is 0.312 e. The number of piperidine rings is 2. The average Bonchev–Trinajstić information content (AvgIpc) is 2.37. The summed E-state index contributed by atoms with van der Waals surface area (Å²) in [5.41, 5.74) is 0. The zero-order valence-electron chi connectivity index (χ0n) is 12.5. The first-order valence-corrected chi connectivity index (χ1v) is 7.79.